The van der Waals surface area contributed by atoms with Crippen molar-refractivity contribution in [3.8, 4) is 5.75 Å². The van der Waals surface area contributed by atoms with E-state index in [1.807, 2.05) is 0 Å². The molecule has 19 heavy (non-hydrogen) atoms. The van der Waals surface area contributed by atoms with E-state index in [-0.39, 0.29) is 17.0 Å². The molecule has 2 unspecified atom stereocenters. The lowest BCUT2D eigenvalue weighted by molar-refractivity contribution is 0.0942. The smallest absolute Gasteiger partial charge is 0.251 e. The maximum atomic E-state index is 12.1. The summed E-state index contributed by atoms with van der Waals surface area (Å²) < 4.78 is 0. The zero-order chi connectivity index (χ0) is 13.8. The van der Waals surface area contributed by atoms with Crippen molar-refractivity contribution in [1.29, 1.82) is 0 Å². The van der Waals surface area contributed by atoms with Crippen molar-refractivity contribution >= 4 is 17.5 Å². The van der Waals surface area contributed by atoms with Gasteiger partial charge in [0.1, 0.15) is 5.75 Å². The van der Waals surface area contributed by atoms with Gasteiger partial charge in [-0.1, -0.05) is 12.5 Å². The van der Waals surface area contributed by atoms with Crippen LogP contribution in [-0.2, 0) is 0 Å². The average Bonchev–Trinajstić information content (AvgIpc) is 2.39. The summed E-state index contributed by atoms with van der Waals surface area (Å²) in [5.41, 5.74) is 1.16. The van der Waals surface area contributed by atoms with Gasteiger partial charge in [-0.05, 0) is 44.2 Å². The summed E-state index contributed by atoms with van der Waals surface area (Å²) in [5, 5.41) is 12.8. The Morgan fingerprint density at radius 3 is 3.00 bits per heavy atom. The number of carbonyl (C=O) groups excluding carboxylic acids is 1. The number of amides is 1. The number of rotatable bonds is 3. The van der Waals surface area contributed by atoms with E-state index in [4.69, 9.17) is 11.6 Å². The third kappa shape index (κ3) is 3.63. The Bertz CT molecular complexity index is 461. The minimum atomic E-state index is -0.120. The zero-order valence-electron chi connectivity index (χ0n) is 11.2. The SMILES string of the molecule is Cc1c(O)cccc1C(=O)NCC1CCCC(Cl)C1. The maximum absolute atomic E-state index is 12.1. The van der Waals surface area contributed by atoms with Crippen molar-refractivity contribution in [2.75, 3.05) is 6.54 Å². The molecule has 3 nitrogen and oxygen atoms in total. The molecular weight excluding hydrogens is 262 g/mol. The minimum Gasteiger partial charge on any atom is -0.508 e. The highest BCUT2D eigenvalue weighted by Gasteiger charge is 2.21. The van der Waals surface area contributed by atoms with Crippen molar-refractivity contribution in [3.05, 3.63) is 29.3 Å². The van der Waals surface area contributed by atoms with E-state index in [0.717, 1.165) is 25.7 Å². The second kappa shape index (κ2) is 6.29. The van der Waals surface area contributed by atoms with Gasteiger partial charge in [0.25, 0.3) is 5.91 Å². The molecule has 0 radical (unpaired) electrons. The van der Waals surface area contributed by atoms with Crippen LogP contribution in [0.2, 0.25) is 0 Å². The summed E-state index contributed by atoms with van der Waals surface area (Å²) in [6, 6.07) is 5.01. The fraction of sp³-hybridized carbons (Fsp3) is 0.533. The highest BCUT2D eigenvalue weighted by atomic mass is 35.5. The van der Waals surface area contributed by atoms with Gasteiger partial charge < -0.3 is 10.4 Å². The Kier molecular flexibility index (Phi) is 4.70. The van der Waals surface area contributed by atoms with E-state index in [9.17, 15) is 9.90 Å². The third-order valence-corrected chi connectivity index (χ3v) is 4.22. The van der Waals surface area contributed by atoms with Crippen LogP contribution in [0.4, 0.5) is 0 Å². The highest BCUT2D eigenvalue weighted by molar-refractivity contribution is 6.20. The van der Waals surface area contributed by atoms with E-state index in [1.54, 1.807) is 25.1 Å². The molecule has 1 aromatic carbocycles. The van der Waals surface area contributed by atoms with Crippen LogP contribution in [0.5, 0.6) is 5.75 Å². The lowest BCUT2D eigenvalue weighted by Gasteiger charge is -2.25. The van der Waals surface area contributed by atoms with E-state index < -0.39 is 0 Å². The topological polar surface area (TPSA) is 49.3 Å². The van der Waals surface area contributed by atoms with Gasteiger partial charge >= 0.3 is 0 Å². The van der Waals surface area contributed by atoms with Gasteiger partial charge in [0.05, 0.1) is 0 Å². The Morgan fingerprint density at radius 1 is 1.47 bits per heavy atom. The number of phenolic OH excluding ortho intramolecular Hbond substituents is 1. The van der Waals surface area contributed by atoms with Crippen LogP contribution in [0.1, 0.15) is 41.6 Å². The molecular formula is C15H20ClNO2. The normalized spacial score (nSPS) is 23.1. The molecule has 1 amide bonds. The molecule has 2 rings (SSSR count). The first-order chi connectivity index (χ1) is 9.08. The summed E-state index contributed by atoms with van der Waals surface area (Å²) in [5.74, 6) is 0.508. The second-order valence-corrected chi connectivity index (χ2v) is 5.91. The van der Waals surface area contributed by atoms with Crippen molar-refractivity contribution in [1.82, 2.24) is 5.32 Å². The third-order valence-electron chi connectivity index (χ3n) is 3.82. The number of benzene rings is 1. The molecule has 0 aliphatic heterocycles. The standard InChI is InChI=1S/C15H20ClNO2/c1-10-13(6-3-7-14(10)18)15(19)17-9-11-4-2-5-12(16)8-11/h3,6-7,11-12,18H,2,4-5,8-9H2,1H3,(H,17,19). The number of alkyl halides is 1. The molecule has 4 heteroatoms. The van der Waals surface area contributed by atoms with Crippen molar-refractivity contribution in [2.24, 2.45) is 5.92 Å². The summed E-state index contributed by atoms with van der Waals surface area (Å²) in [6.07, 6.45) is 4.32. The molecule has 0 heterocycles. The van der Waals surface area contributed by atoms with Gasteiger partial charge in [-0.25, -0.2) is 0 Å². The molecule has 1 saturated carbocycles. The molecule has 2 atom stereocenters. The highest BCUT2D eigenvalue weighted by Crippen LogP contribution is 2.27. The predicted octanol–water partition coefficient (Wildman–Crippen LogP) is 3.23. The van der Waals surface area contributed by atoms with Crippen LogP contribution < -0.4 is 5.32 Å². The predicted molar refractivity (Wildman–Crippen MR) is 76.8 cm³/mol. The summed E-state index contributed by atoms with van der Waals surface area (Å²) in [4.78, 5) is 12.1. The molecule has 0 saturated heterocycles. The maximum Gasteiger partial charge on any atom is 0.251 e. The summed E-state index contributed by atoms with van der Waals surface area (Å²) in [7, 11) is 0. The Morgan fingerprint density at radius 2 is 2.26 bits per heavy atom. The molecule has 104 valence electrons. The average molecular weight is 282 g/mol. The first-order valence-corrected chi connectivity index (χ1v) is 7.22. The fourth-order valence-corrected chi connectivity index (χ4v) is 3.02. The zero-order valence-corrected chi connectivity index (χ0v) is 11.9. The first-order valence-electron chi connectivity index (χ1n) is 6.78. The van der Waals surface area contributed by atoms with E-state index >= 15 is 0 Å². The van der Waals surface area contributed by atoms with Crippen molar-refractivity contribution in [3.63, 3.8) is 0 Å². The van der Waals surface area contributed by atoms with Crippen LogP contribution in [0.3, 0.4) is 0 Å². The van der Waals surface area contributed by atoms with Gasteiger partial charge in [0.2, 0.25) is 0 Å². The van der Waals surface area contributed by atoms with Gasteiger partial charge in [0.15, 0.2) is 0 Å². The molecule has 1 aromatic rings. The number of hydrogen-bond acceptors (Lipinski definition) is 2. The number of hydrogen-bond donors (Lipinski definition) is 2. The molecule has 0 bridgehead atoms. The van der Waals surface area contributed by atoms with Crippen LogP contribution in [-0.4, -0.2) is 22.9 Å². The number of nitrogens with one attached hydrogen (secondary N) is 1. The largest absolute Gasteiger partial charge is 0.508 e. The molecule has 2 N–H and O–H groups in total. The summed E-state index contributed by atoms with van der Waals surface area (Å²) >= 11 is 6.14. The minimum absolute atomic E-state index is 0.120. The fourth-order valence-electron chi connectivity index (χ4n) is 2.61. The summed E-state index contributed by atoms with van der Waals surface area (Å²) in [6.45, 7) is 2.41. The van der Waals surface area contributed by atoms with Gasteiger partial charge in [-0.2, -0.15) is 0 Å². The quantitative estimate of drug-likeness (QED) is 0.836. The van der Waals surface area contributed by atoms with Crippen LogP contribution in [0.25, 0.3) is 0 Å². The second-order valence-electron chi connectivity index (χ2n) is 5.29. The molecule has 1 aliphatic rings. The van der Waals surface area contributed by atoms with Gasteiger partial charge in [0, 0.05) is 23.0 Å². The Hall–Kier alpha value is -1.22. The lowest BCUT2D eigenvalue weighted by atomic mass is 9.89. The molecule has 0 aromatic heterocycles. The van der Waals surface area contributed by atoms with E-state index in [0.29, 0.717) is 23.6 Å². The molecule has 1 fully saturated rings. The Balaban J connectivity index is 1.92. The first kappa shape index (κ1) is 14.2. The van der Waals surface area contributed by atoms with Crippen molar-refractivity contribution < 1.29 is 9.90 Å². The molecule has 1 aliphatic carbocycles. The van der Waals surface area contributed by atoms with Gasteiger partial charge in [-0.3, -0.25) is 4.79 Å². The number of aromatic hydroxyl groups is 1. The molecule has 0 spiro atoms. The van der Waals surface area contributed by atoms with E-state index in [1.165, 1.54) is 0 Å². The number of phenols is 1. The Labute approximate surface area is 119 Å². The number of halogens is 1. The van der Waals surface area contributed by atoms with E-state index in [2.05, 4.69) is 5.32 Å². The van der Waals surface area contributed by atoms with Crippen LogP contribution >= 0.6 is 11.6 Å². The van der Waals surface area contributed by atoms with Gasteiger partial charge in [-0.15, -0.1) is 11.6 Å². The monoisotopic (exact) mass is 281 g/mol. The van der Waals surface area contributed by atoms with Crippen LogP contribution in [0.15, 0.2) is 18.2 Å². The van der Waals surface area contributed by atoms with Crippen molar-refractivity contribution in [2.45, 2.75) is 38.0 Å². The number of carbonyl (C=O) groups is 1. The lowest BCUT2D eigenvalue weighted by Crippen LogP contribution is -2.32. The van der Waals surface area contributed by atoms with Crippen LogP contribution in [0, 0.1) is 12.8 Å².